The lowest BCUT2D eigenvalue weighted by atomic mass is 10.1. The van der Waals surface area contributed by atoms with Crippen LogP contribution in [0.15, 0.2) is 30.3 Å². The molecule has 112 valence electrons. The van der Waals surface area contributed by atoms with E-state index >= 15 is 0 Å². The highest BCUT2D eigenvalue weighted by molar-refractivity contribution is 5.78. The molecule has 2 N–H and O–H groups in total. The Balaban J connectivity index is 2.12. The van der Waals surface area contributed by atoms with Crippen LogP contribution in [0, 0.1) is 5.92 Å². The number of anilines is 1. The normalized spacial score (nSPS) is 11.9. The highest BCUT2D eigenvalue weighted by atomic mass is 16.1. The molecule has 0 aromatic heterocycles. The van der Waals surface area contributed by atoms with E-state index in [4.69, 9.17) is 0 Å². The highest BCUT2D eigenvalue weighted by Gasteiger charge is 2.10. The van der Waals surface area contributed by atoms with Crippen molar-refractivity contribution >= 4 is 11.6 Å². The van der Waals surface area contributed by atoms with Crippen LogP contribution in [0.4, 0.5) is 5.69 Å². The summed E-state index contributed by atoms with van der Waals surface area (Å²) in [6.45, 7) is 4.43. The summed E-state index contributed by atoms with van der Waals surface area (Å²) in [5, 5.41) is 6.00. The summed E-state index contributed by atoms with van der Waals surface area (Å²) in [6, 6.07) is 10.4. The molecule has 20 heavy (non-hydrogen) atoms. The number of carbonyl (C=O) groups excluding carboxylic acids is 1. The van der Waals surface area contributed by atoms with E-state index in [-0.39, 0.29) is 11.8 Å². The molecule has 1 rings (SSSR count). The van der Waals surface area contributed by atoms with Crippen molar-refractivity contribution in [1.82, 2.24) is 10.6 Å². The van der Waals surface area contributed by atoms with Gasteiger partial charge in [0.25, 0.3) is 0 Å². The number of amides is 1. The summed E-state index contributed by atoms with van der Waals surface area (Å²) in [5.41, 5.74) is 1.24. The predicted molar refractivity (Wildman–Crippen MR) is 85.0 cm³/mol. The second kappa shape index (κ2) is 9.37. The molecule has 1 atom stereocenters. The lowest BCUT2D eigenvalue weighted by molar-refractivity contribution is -0.124. The smallest absolute Gasteiger partial charge is 0.224 e. The van der Waals surface area contributed by atoms with Gasteiger partial charge < -0.3 is 15.5 Å². The molecule has 4 nitrogen and oxygen atoms in total. The Hall–Kier alpha value is -1.55. The van der Waals surface area contributed by atoms with Crippen LogP contribution in [-0.4, -0.2) is 39.6 Å². The van der Waals surface area contributed by atoms with Gasteiger partial charge in [-0.25, -0.2) is 0 Å². The van der Waals surface area contributed by atoms with E-state index in [1.165, 1.54) is 5.69 Å². The average Bonchev–Trinajstić information content (AvgIpc) is 2.47. The fourth-order valence-corrected chi connectivity index (χ4v) is 2.07. The quantitative estimate of drug-likeness (QED) is 0.677. The summed E-state index contributed by atoms with van der Waals surface area (Å²) < 4.78 is 0. The van der Waals surface area contributed by atoms with Crippen molar-refractivity contribution in [3.05, 3.63) is 30.3 Å². The maximum absolute atomic E-state index is 11.7. The lowest BCUT2D eigenvalue weighted by Crippen LogP contribution is -2.35. The minimum atomic E-state index is 0.0343. The first-order valence-corrected chi connectivity index (χ1v) is 7.33. The monoisotopic (exact) mass is 277 g/mol. The number of carbonyl (C=O) groups is 1. The van der Waals surface area contributed by atoms with Gasteiger partial charge in [-0.05, 0) is 32.0 Å². The number of hydrogen-bond acceptors (Lipinski definition) is 3. The third-order valence-corrected chi connectivity index (χ3v) is 3.37. The fourth-order valence-electron chi connectivity index (χ4n) is 2.07. The van der Waals surface area contributed by atoms with Gasteiger partial charge in [0.15, 0.2) is 0 Å². The summed E-state index contributed by atoms with van der Waals surface area (Å²) >= 11 is 0. The van der Waals surface area contributed by atoms with Gasteiger partial charge in [0.05, 0.1) is 0 Å². The van der Waals surface area contributed by atoms with Crippen LogP contribution in [0.25, 0.3) is 0 Å². The number of hydrogen-bond donors (Lipinski definition) is 2. The molecule has 0 fully saturated rings. The maximum Gasteiger partial charge on any atom is 0.224 e. The van der Waals surface area contributed by atoms with Crippen molar-refractivity contribution in [3.63, 3.8) is 0 Å². The average molecular weight is 277 g/mol. The Bertz CT molecular complexity index is 381. The summed E-state index contributed by atoms with van der Waals surface area (Å²) in [7, 11) is 3.96. The van der Waals surface area contributed by atoms with Crippen LogP contribution in [0.3, 0.4) is 0 Å². The molecule has 1 aromatic rings. The molecule has 0 saturated heterocycles. The fraction of sp³-hybridized carbons (Fsp3) is 0.562. The number of benzene rings is 1. The van der Waals surface area contributed by atoms with Crippen molar-refractivity contribution in [2.45, 2.75) is 19.8 Å². The SMILES string of the molecule is CNCC(C)C(=O)NCCCCN(C)c1ccccc1. The largest absolute Gasteiger partial charge is 0.375 e. The first-order chi connectivity index (χ1) is 9.65. The van der Waals surface area contributed by atoms with Crippen LogP contribution in [0.1, 0.15) is 19.8 Å². The zero-order valence-electron chi connectivity index (χ0n) is 12.9. The van der Waals surface area contributed by atoms with Crippen molar-refractivity contribution in [2.24, 2.45) is 5.92 Å². The van der Waals surface area contributed by atoms with Gasteiger partial charge in [-0.3, -0.25) is 4.79 Å². The molecule has 0 radical (unpaired) electrons. The molecular formula is C16H27N3O. The second-order valence-electron chi connectivity index (χ2n) is 5.21. The van der Waals surface area contributed by atoms with Crippen molar-refractivity contribution in [2.75, 3.05) is 38.6 Å². The maximum atomic E-state index is 11.7. The standard InChI is InChI=1S/C16H27N3O/c1-14(13-17-2)16(20)18-11-7-8-12-19(3)15-9-5-4-6-10-15/h4-6,9-10,14,17H,7-8,11-13H2,1-3H3,(H,18,20). The second-order valence-corrected chi connectivity index (χ2v) is 5.21. The van der Waals surface area contributed by atoms with E-state index in [0.717, 1.165) is 32.5 Å². The molecule has 1 aromatic carbocycles. The molecule has 1 unspecified atom stereocenters. The third kappa shape index (κ3) is 6.06. The van der Waals surface area contributed by atoms with Gasteiger partial charge in [0, 0.05) is 38.3 Å². The Kier molecular flexibility index (Phi) is 7.73. The number of rotatable bonds is 9. The number of nitrogens with one attached hydrogen (secondary N) is 2. The van der Waals surface area contributed by atoms with Gasteiger partial charge in [-0.2, -0.15) is 0 Å². The zero-order chi connectivity index (χ0) is 14.8. The Morgan fingerprint density at radius 2 is 1.95 bits per heavy atom. The topological polar surface area (TPSA) is 44.4 Å². The van der Waals surface area contributed by atoms with E-state index in [9.17, 15) is 4.79 Å². The molecular weight excluding hydrogens is 250 g/mol. The van der Waals surface area contributed by atoms with E-state index in [1.54, 1.807) is 0 Å². The van der Waals surface area contributed by atoms with Crippen molar-refractivity contribution in [3.8, 4) is 0 Å². The number of nitrogens with zero attached hydrogens (tertiary/aromatic N) is 1. The van der Waals surface area contributed by atoms with E-state index < -0.39 is 0 Å². The molecule has 0 bridgehead atoms. The van der Waals surface area contributed by atoms with Crippen LogP contribution in [-0.2, 0) is 4.79 Å². The number of unbranched alkanes of at least 4 members (excludes halogenated alkanes) is 1. The van der Waals surface area contributed by atoms with E-state index in [1.807, 2.05) is 20.0 Å². The first-order valence-electron chi connectivity index (χ1n) is 7.33. The lowest BCUT2D eigenvalue weighted by Gasteiger charge is -2.19. The molecule has 0 aliphatic carbocycles. The third-order valence-electron chi connectivity index (χ3n) is 3.37. The molecule has 0 heterocycles. The Morgan fingerprint density at radius 3 is 2.60 bits per heavy atom. The van der Waals surface area contributed by atoms with E-state index in [0.29, 0.717) is 0 Å². The van der Waals surface area contributed by atoms with Gasteiger partial charge in [-0.1, -0.05) is 25.1 Å². The Labute approximate surface area is 122 Å². The minimum Gasteiger partial charge on any atom is -0.375 e. The molecule has 0 aliphatic rings. The van der Waals surface area contributed by atoms with Crippen LogP contribution < -0.4 is 15.5 Å². The zero-order valence-corrected chi connectivity index (χ0v) is 12.9. The van der Waals surface area contributed by atoms with Gasteiger partial charge >= 0.3 is 0 Å². The number of para-hydroxylation sites is 1. The highest BCUT2D eigenvalue weighted by Crippen LogP contribution is 2.11. The first kappa shape index (κ1) is 16.5. The molecule has 1 amide bonds. The van der Waals surface area contributed by atoms with Gasteiger partial charge in [-0.15, -0.1) is 0 Å². The molecule has 4 heteroatoms. The van der Waals surface area contributed by atoms with E-state index in [2.05, 4.69) is 46.8 Å². The Morgan fingerprint density at radius 1 is 1.25 bits per heavy atom. The van der Waals surface area contributed by atoms with Gasteiger partial charge in [0.2, 0.25) is 5.91 Å². The van der Waals surface area contributed by atoms with Crippen LogP contribution in [0.5, 0.6) is 0 Å². The molecule has 0 aliphatic heterocycles. The summed E-state index contributed by atoms with van der Waals surface area (Å²) in [6.07, 6.45) is 2.08. The van der Waals surface area contributed by atoms with Gasteiger partial charge in [0.1, 0.15) is 0 Å². The van der Waals surface area contributed by atoms with Crippen LogP contribution >= 0.6 is 0 Å². The molecule has 0 spiro atoms. The van der Waals surface area contributed by atoms with Crippen LogP contribution in [0.2, 0.25) is 0 Å². The summed E-state index contributed by atoms with van der Waals surface area (Å²) in [4.78, 5) is 13.9. The summed E-state index contributed by atoms with van der Waals surface area (Å²) in [5.74, 6) is 0.169. The van der Waals surface area contributed by atoms with Crippen molar-refractivity contribution < 1.29 is 4.79 Å². The minimum absolute atomic E-state index is 0.0343. The van der Waals surface area contributed by atoms with Crippen molar-refractivity contribution in [1.29, 1.82) is 0 Å². The molecule has 0 saturated carbocycles. The predicted octanol–water partition coefficient (Wildman–Crippen LogP) is 1.87.